The molecular formula is C33H47N3O12. The van der Waals surface area contributed by atoms with Crippen LogP contribution in [0.1, 0.15) is 79.0 Å². The number of anilines is 1. The van der Waals surface area contributed by atoms with Gasteiger partial charge in [0.1, 0.15) is 12.6 Å². The van der Waals surface area contributed by atoms with E-state index in [0.717, 1.165) is 24.2 Å². The number of fused-ring (bicyclic) bond motifs is 1. The SMILES string of the molecule is CCCC(=O)OCCOCCOCCOCCOCCOCCCCCC(=O)Nc1cccc2c1C(=O)N(C1CCC(=O)NC1=O)C2=O. The van der Waals surface area contributed by atoms with Crippen molar-refractivity contribution >= 4 is 41.2 Å². The monoisotopic (exact) mass is 677 g/mol. The zero-order chi connectivity index (χ0) is 34.6. The summed E-state index contributed by atoms with van der Waals surface area (Å²) in [7, 11) is 0. The maximum absolute atomic E-state index is 13.2. The molecule has 0 spiro atoms. The summed E-state index contributed by atoms with van der Waals surface area (Å²) in [5, 5.41) is 4.89. The van der Waals surface area contributed by atoms with E-state index in [1.54, 1.807) is 12.1 Å². The molecule has 1 unspecified atom stereocenters. The van der Waals surface area contributed by atoms with Crippen LogP contribution < -0.4 is 10.6 Å². The van der Waals surface area contributed by atoms with Crippen molar-refractivity contribution in [2.75, 3.05) is 78.0 Å². The smallest absolute Gasteiger partial charge is 0.305 e. The molecule has 1 aromatic rings. The largest absolute Gasteiger partial charge is 0.463 e. The molecule has 15 nitrogen and oxygen atoms in total. The number of nitrogens with one attached hydrogen (secondary N) is 2. The normalized spacial score (nSPS) is 15.9. The summed E-state index contributed by atoms with van der Waals surface area (Å²) in [6, 6.07) is 3.52. The first-order valence-electron chi connectivity index (χ1n) is 16.5. The summed E-state index contributed by atoms with van der Waals surface area (Å²) in [6.07, 6.45) is 3.64. The van der Waals surface area contributed by atoms with Crippen LogP contribution in [0.3, 0.4) is 0 Å². The molecule has 5 amide bonds. The van der Waals surface area contributed by atoms with E-state index >= 15 is 0 Å². The first kappa shape index (κ1) is 38.7. The lowest BCUT2D eigenvalue weighted by molar-refractivity contribution is -0.145. The van der Waals surface area contributed by atoms with E-state index in [0.29, 0.717) is 78.9 Å². The first-order chi connectivity index (χ1) is 23.3. The van der Waals surface area contributed by atoms with Crippen LogP contribution in [-0.2, 0) is 47.6 Å². The maximum atomic E-state index is 13.2. The molecule has 266 valence electrons. The number of ether oxygens (including phenoxy) is 6. The molecule has 15 heteroatoms. The van der Waals surface area contributed by atoms with Gasteiger partial charge in [-0.25, -0.2) is 0 Å². The van der Waals surface area contributed by atoms with E-state index in [1.807, 2.05) is 6.92 Å². The molecule has 0 aliphatic carbocycles. The molecule has 0 saturated carbocycles. The number of hydrogen-bond acceptors (Lipinski definition) is 12. The van der Waals surface area contributed by atoms with Crippen LogP contribution in [-0.4, -0.2) is 119 Å². The van der Waals surface area contributed by atoms with Crippen LogP contribution in [0.15, 0.2) is 18.2 Å². The average Bonchev–Trinajstić information content (AvgIpc) is 3.31. The molecule has 1 atom stereocenters. The predicted molar refractivity (Wildman–Crippen MR) is 170 cm³/mol. The zero-order valence-corrected chi connectivity index (χ0v) is 27.6. The molecule has 0 radical (unpaired) electrons. The predicted octanol–water partition coefficient (Wildman–Crippen LogP) is 2.01. The summed E-state index contributed by atoms with van der Waals surface area (Å²) in [4.78, 5) is 74.6. The molecule has 2 aliphatic heterocycles. The fourth-order valence-corrected chi connectivity index (χ4v) is 4.97. The van der Waals surface area contributed by atoms with Crippen LogP contribution in [0.5, 0.6) is 0 Å². The Morgan fingerprint density at radius 2 is 1.38 bits per heavy atom. The van der Waals surface area contributed by atoms with Crippen LogP contribution >= 0.6 is 0 Å². The number of carbonyl (C=O) groups excluding carboxylic acids is 6. The van der Waals surface area contributed by atoms with E-state index in [1.165, 1.54) is 6.07 Å². The van der Waals surface area contributed by atoms with Gasteiger partial charge in [-0.3, -0.25) is 39.0 Å². The van der Waals surface area contributed by atoms with Gasteiger partial charge in [-0.1, -0.05) is 19.4 Å². The average molecular weight is 678 g/mol. The molecular weight excluding hydrogens is 630 g/mol. The molecule has 0 aromatic heterocycles. The Balaban J connectivity index is 1.14. The van der Waals surface area contributed by atoms with Gasteiger partial charge in [0, 0.05) is 25.9 Å². The summed E-state index contributed by atoms with van der Waals surface area (Å²) < 4.78 is 32.2. The molecule has 48 heavy (non-hydrogen) atoms. The van der Waals surface area contributed by atoms with Crippen molar-refractivity contribution in [3.05, 3.63) is 29.3 Å². The fourth-order valence-electron chi connectivity index (χ4n) is 4.97. The summed E-state index contributed by atoms with van der Waals surface area (Å²) in [6.45, 7) is 6.57. The number of piperidine rings is 1. The number of imide groups is 2. The number of rotatable bonds is 25. The molecule has 2 aliphatic rings. The van der Waals surface area contributed by atoms with Gasteiger partial charge in [0.2, 0.25) is 17.7 Å². The van der Waals surface area contributed by atoms with E-state index in [2.05, 4.69) is 10.6 Å². The topological polar surface area (TPSA) is 185 Å². The highest BCUT2D eigenvalue weighted by atomic mass is 16.6. The molecule has 1 aromatic carbocycles. The van der Waals surface area contributed by atoms with Crippen molar-refractivity contribution in [3.8, 4) is 0 Å². The van der Waals surface area contributed by atoms with Gasteiger partial charge >= 0.3 is 5.97 Å². The van der Waals surface area contributed by atoms with Gasteiger partial charge in [-0.05, 0) is 37.8 Å². The highest BCUT2D eigenvalue weighted by molar-refractivity contribution is 6.26. The molecule has 1 fully saturated rings. The Morgan fingerprint density at radius 1 is 0.771 bits per heavy atom. The molecule has 3 rings (SSSR count). The highest BCUT2D eigenvalue weighted by Gasteiger charge is 2.45. The van der Waals surface area contributed by atoms with Gasteiger partial charge in [-0.2, -0.15) is 0 Å². The van der Waals surface area contributed by atoms with Gasteiger partial charge in [-0.15, -0.1) is 0 Å². The van der Waals surface area contributed by atoms with Crippen molar-refractivity contribution in [1.82, 2.24) is 10.2 Å². The van der Waals surface area contributed by atoms with Crippen molar-refractivity contribution < 1.29 is 57.2 Å². The third-order valence-electron chi connectivity index (χ3n) is 7.37. The Hall–Kier alpha value is -3.76. The number of hydrogen-bond donors (Lipinski definition) is 2. The van der Waals surface area contributed by atoms with Gasteiger partial charge in [0.25, 0.3) is 11.8 Å². The van der Waals surface area contributed by atoms with Crippen LogP contribution in [0.25, 0.3) is 0 Å². The van der Waals surface area contributed by atoms with Gasteiger partial charge in [0.15, 0.2) is 0 Å². The van der Waals surface area contributed by atoms with E-state index in [4.69, 9.17) is 28.4 Å². The van der Waals surface area contributed by atoms with Crippen LogP contribution in [0.4, 0.5) is 5.69 Å². The maximum Gasteiger partial charge on any atom is 0.305 e. The minimum absolute atomic E-state index is 0.0289. The molecule has 2 heterocycles. The van der Waals surface area contributed by atoms with Crippen LogP contribution in [0, 0.1) is 0 Å². The first-order valence-corrected chi connectivity index (χ1v) is 16.5. The van der Waals surface area contributed by atoms with Crippen molar-refractivity contribution in [2.45, 2.75) is 64.3 Å². The summed E-state index contributed by atoms with van der Waals surface area (Å²) in [5.74, 6) is -2.93. The van der Waals surface area contributed by atoms with E-state index in [-0.39, 0.29) is 54.6 Å². The number of benzene rings is 1. The molecule has 0 bridgehead atoms. The second-order valence-electron chi connectivity index (χ2n) is 11.1. The molecule has 1 saturated heterocycles. The van der Waals surface area contributed by atoms with Crippen molar-refractivity contribution in [1.29, 1.82) is 0 Å². The van der Waals surface area contributed by atoms with Gasteiger partial charge in [0.05, 0.1) is 76.3 Å². The lowest BCUT2D eigenvalue weighted by atomic mass is 10.0. The third kappa shape index (κ3) is 13.0. The minimum Gasteiger partial charge on any atom is -0.463 e. The number of esters is 1. The zero-order valence-electron chi connectivity index (χ0n) is 27.6. The Bertz CT molecular complexity index is 1240. The fraction of sp³-hybridized carbons (Fsp3) is 0.636. The Morgan fingerprint density at radius 3 is 1.98 bits per heavy atom. The third-order valence-corrected chi connectivity index (χ3v) is 7.37. The van der Waals surface area contributed by atoms with Crippen molar-refractivity contribution in [3.63, 3.8) is 0 Å². The highest BCUT2D eigenvalue weighted by Crippen LogP contribution is 2.32. The number of carbonyl (C=O) groups is 6. The number of nitrogens with zero attached hydrogens (tertiary/aromatic N) is 1. The van der Waals surface area contributed by atoms with E-state index < -0.39 is 29.7 Å². The van der Waals surface area contributed by atoms with Crippen LogP contribution in [0.2, 0.25) is 0 Å². The number of unbranched alkanes of at least 4 members (excludes halogenated alkanes) is 2. The molecule has 2 N–H and O–H groups in total. The second-order valence-corrected chi connectivity index (χ2v) is 11.1. The van der Waals surface area contributed by atoms with E-state index in [9.17, 15) is 28.8 Å². The van der Waals surface area contributed by atoms with Gasteiger partial charge < -0.3 is 33.7 Å². The second kappa shape index (κ2) is 22.0. The number of amides is 5. The lowest BCUT2D eigenvalue weighted by Crippen LogP contribution is -2.54. The summed E-state index contributed by atoms with van der Waals surface area (Å²) in [5.41, 5.74) is 0.379. The standard InChI is InChI=1S/C33H47N3O12/c1-2-7-29(39)48-23-22-47-21-20-46-19-18-45-17-16-44-15-14-43-13-5-3-4-10-27(37)34-25-9-6-8-24-30(25)33(42)36(32(24)41)26-11-12-28(38)35-31(26)40/h6,8-9,26H,2-5,7,10-23H2,1H3,(H,34,37)(H,35,38,40). The minimum atomic E-state index is -1.07. The lowest BCUT2D eigenvalue weighted by Gasteiger charge is -2.27. The summed E-state index contributed by atoms with van der Waals surface area (Å²) >= 11 is 0. The van der Waals surface area contributed by atoms with Crippen molar-refractivity contribution in [2.24, 2.45) is 0 Å². The Kier molecular flexibility index (Phi) is 17.7. The quantitative estimate of drug-likeness (QED) is 0.0873. The Labute approximate surface area is 280 Å².